The Balaban J connectivity index is 1.65. The number of piperazine rings is 1. The van der Waals surface area contributed by atoms with Gasteiger partial charge in [0.15, 0.2) is 0 Å². The van der Waals surface area contributed by atoms with Crippen LogP contribution in [-0.4, -0.2) is 72.8 Å². The Hall–Kier alpha value is -1.63. The predicted octanol–water partition coefficient (Wildman–Crippen LogP) is -0.471. The number of para-hydroxylation sites is 1. The Bertz CT molecular complexity index is 433. The molecule has 0 aromatic heterocycles. The highest BCUT2D eigenvalue weighted by atomic mass is 16.5. The SMILES string of the molecule is NC(=O)CN1CCN(C[C@H](O)COc2ccccc2)CC1. The summed E-state index contributed by atoms with van der Waals surface area (Å²) in [5.74, 6) is 0.475. The predicted molar refractivity (Wildman–Crippen MR) is 80.0 cm³/mol. The van der Waals surface area contributed by atoms with E-state index < -0.39 is 6.10 Å². The highest BCUT2D eigenvalue weighted by Gasteiger charge is 2.20. The van der Waals surface area contributed by atoms with Crippen LogP contribution in [0.4, 0.5) is 0 Å². The first-order valence-corrected chi connectivity index (χ1v) is 7.22. The average Bonchev–Trinajstić information content (AvgIpc) is 2.48. The van der Waals surface area contributed by atoms with E-state index in [9.17, 15) is 9.90 Å². The number of β-amino-alcohol motifs (C(OH)–C–C–N with tert-alkyl or cyclic N) is 1. The summed E-state index contributed by atoms with van der Waals surface area (Å²) in [6, 6.07) is 9.47. The summed E-state index contributed by atoms with van der Waals surface area (Å²) in [5, 5.41) is 10.0. The first-order valence-electron chi connectivity index (χ1n) is 7.22. The maximum absolute atomic E-state index is 10.9. The van der Waals surface area contributed by atoms with Gasteiger partial charge in [0, 0.05) is 32.7 Å². The fourth-order valence-corrected chi connectivity index (χ4v) is 2.41. The van der Waals surface area contributed by atoms with Crippen LogP contribution < -0.4 is 10.5 Å². The second-order valence-corrected chi connectivity index (χ2v) is 5.32. The molecule has 0 bridgehead atoms. The van der Waals surface area contributed by atoms with Gasteiger partial charge >= 0.3 is 0 Å². The number of aliphatic hydroxyl groups excluding tert-OH is 1. The lowest BCUT2D eigenvalue weighted by molar-refractivity contribution is -0.119. The van der Waals surface area contributed by atoms with Crippen molar-refractivity contribution < 1.29 is 14.6 Å². The average molecular weight is 293 g/mol. The molecule has 2 rings (SSSR count). The fraction of sp³-hybridized carbons (Fsp3) is 0.533. The van der Waals surface area contributed by atoms with Crippen molar-refractivity contribution in [2.75, 3.05) is 45.9 Å². The molecule has 1 aliphatic rings. The van der Waals surface area contributed by atoms with E-state index in [4.69, 9.17) is 10.5 Å². The third kappa shape index (κ3) is 5.71. The van der Waals surface area contributed by atoms with Crippen LogP contribution in [0.1, 0.15) is 0 Å². The molecule has 1 aromatic rings. The van der Waals surface area contributed by atoms with Gasteiger partial charge in [-0.05, 0) is 12.1 Å². The molecule has 6 heteroatoms. The van der Waals surface area contributed by atoms with Gasteiger partial charge in [0.25, 0.3) is 0 Å². The lowest BCUT2D eigenvalue weighted by Gasteiger charge is -2.34. The zero-order chi connectivity index (χ0) is 15.1. The van der Waals surface area contributed by atoms with Gasteiger partial charge in [0.2, 0.25) is 5.91 Å². The van der Waals surface area contributed by atoms with Crippen LogP contribution >= 0.6 is 0 Å². The largest absolute Gasteiger partial charge is 0.491 e. The van der Waals surface area contributed by atoms with Crippen molar-refractivity contribution >= 4 is 5.91 Å². The minimum absolute atomic E-state index is 0.283. The first-order chi connectivity index (χ1) is 10.1. The molecule has 1 saturated heterocycles. The molecule has 0 saturated carbocycles. The summed E-state index contributed by atoms with van der Waals surface area (Å²) in [5.41, 5.74) is 5.18. The van der Waals surface area contributed by atoms with Gasteiger partial charge in [-0.25, -0.2) is 0 Å². The highest BCUT2D eigenvalue weighted by molar-refractivity contribution is 5.75. The second-order valence-electron chi connectivity index (χ2n) is 5.32. The number of carbonyl (C=O) groups excluding carboxylic acids is 1. The van der Waals surface area contributed by atoms with Crippen LogP contribution in [-0.2, 0) is 4.79 Å². The van der Waals surface area contributed by atoms with Gasteiger partial charge in [-0.2, -0.15) is 0 Å². The quantitative estimate of drug-likeness (QED) is 0.710. The summed E-state index contributed by atoms with van der Waals surface area (Å²) < 4.78 is 5.53. The van der Waals surface area contributed by atoms with Gasteiger partial charge in [-0.3, -0.25) is 14.6 Å². The van der Waals surface area contributed by atoms with Crippen molar-refractivity contribution in [2.45, 2.75) is 6.10 Å². The van der Waals surface area contributed by atoms with Crippen molar-refractivity contribution in [3.63, 3.8) is 0 Å². The van der Waals surface area contributed by atoms with E-state index in [1.165, 1.54) is 0 Å². The fourth-order valence-electron chi connectivity index (χ4n) is 2.41. The second kappa shape index (κ2) is 7.97. The van der Waals surface area contributed by atoms with Crippen LogP contribution in [0.15, 0.2) is 30.3 Å². The molecule has 1 heterocycles. The molecule has 21 heavy (non-hydrogen) atoms. The molecule has 1 fully saturated rings. The van der Waals surface area contributed by atoms with Gasteiger partial charge in [-0.1, -0.05) is 18.2 Å². The zero-order valence-corrected chi connectivity index (χ0v) is 12.1. The molecule has 3 N–H and O–H groups in total. The van der Waals surface area contributed by atoms with E-state index in [0.717, 1.165) is 31.9 Å². The third-order valence-electron chi connectivity index (χ3n) is 3.50. The van der Waals surface area contributed by atoms with E-state index in [0.29, 0.717) is 13.1 Å². The molecule has 0 spiro atoms. The number of benzene rings is 1. The number of primary amides is 1. The minimum Gasteiger partial charge on any atom is -0.491 e. The number of nitrogens with zero attached hydrogens (tertiary/aromatic N) is 2. The standard InChI is InChI=1S/C15H23N3O3/c16-15(20)11-18-8-6-17(7-9-18)10-13(19)12-21-14-4-2-1-3-5-14/h1-5,13,19H,6-12H2,(H2,16,20)/t13-/m0/s1. The summed E-state index contributed by atoms with van der Waals surface area (Å²) in [6.45, 7) is 4.44. The Kier molecular flexibility index (Phi) is 5.98. The maximum Gasteiger partial charge on any atom is 0.231 e. The van der Waals surface area contributed by atoms with Gasteiger partial charge in [-0.15, -0.1) is 0 Å². The number of nitrogens with two attached hydrogens (primary N) is 1. The Morgan fingerprint density at radius 2 is 1.81 bits per heavy atom. The van der Waals surface area contributed by atoms with Crippen molar-refractivity contribution in [3.05, 3.63) is 30.3 Å². The zero-order valence-electron chi connectivity index (χ0n) is 12.1. The number of carbonyl (C=O) groups is 1. The van der Waals surface area contributed by atoms with Crippen LogP contribution in [0.25, 0.3) is 0 Å². The molecule has 0 unspecified atom stereocenters. The van der Waals surface area contributed by atoms with E-state index >= 15 is 0 Å². The molecular weight excluding hydrogens is 270 g/mol. The molecule has 0 radical (unpaired) electrons. The van der Waals surface area contributed by atoms with Crippen molar-refractivity contribution in [3.8, 4) is 5.75 Å². The van der Waals surface area contributed by atoms with Crippen molar-refractivity contribution in [2.24, 2.45) is 5.73 Å². The summed E-state index contributed by atoms with van der Waals surface area (Å²) >= 11 is 0. The highest BCUT2D eigenvalue weighted by Crippen LogP contribution is 2.09. The topological polar surface area (TPSA) is 79.0 Å². The lowest BCUT2D eigenvalue weighted by atomic mass is 10.2. The summed E-state index contributed by atoms with van der Waals surface area (Å²) in [4.78, 5) is 15.1. The molecule has 116 valence electrons. The number of aliphatic hydroxyl groups is 1. The number of rotatable bonds is 7. The summed E-state index contributed by atoms with van der Waals surface area (Å²) in [6.07, 6.45) is -0.520. The molecule has 1 amide bonds. The molecule has 1 aromatic carbocycles. The Morgan fingerprint density at radius 3 is 2.43 bits per heavy atom. The lowest BCUT2D eigenvalue weighted by Crippen LogP contribution is -2.50. The number of ether oxygens (including phenoxy) is 1. The minimum atomic E-state index is -0.520. The van der Waals surface area contributed by atoms with Crippen molar-refractivity contribution in [1.82, 2.24) is 9.80 Å². The van der Waals surface area contributed by atoms with Gasteiger partial charge in [0.1, 0.15) is 18.5 Å². The number of hydrogen-bond donors (Lipinski definition) is 2. The molecular formula is C15H23N3O3. The van der Waals surface area contributed by atoms with Crippen molar-refractivity contribution in [1.29, 1.82) is 0 Å². The first kappa shape index (κ1) is 15.8. The molecule has 0 aliphatic carbocycles. The van der Waals surface area contributed by atoms with Crippen LogP contribution in [0.5, 0.6) is 5.75 Å². The van der Waals surface area contributed by atoms with E-state index in [-0.39, 0.29) is 12.5 Å². The number of hydrogen-bond acceptors (Lipinski definition) is 5. The Labute approximate surface area is 125 Å². The smallest absolute Gasteiger partial charge is 0.231 e. The van der Waals surface area contributed by atoms with Crippen LogP contribution in [0.2, 0.25) is 0 Å². The van der Waals surface area contributed by atoms with Gasteiger partial charge in [0.05, 0.1) is 6.54 Å². The van der Waals surface area contributed by atoms with E-state index in [1.807, 2.05) is 35.2 Å². The monoisotopic (exact) mass is 293 g/mol. The molecule has 1 aliphatic heterocycles. The summed E-state index contributed by atoms with van der Waals surface area (Å²) in [7, 11) is 0. The van der Waals surface area contributed by atoms with Gasteiger partial charge < -0.3 is 15.6 Å². The van der Waals surface area contributed by atoms with E-state index in [2.05, 4.69) is 4.90 Å². The van der Waals surface area contributed by atoms with Crippen LogP contribution in [0.3, 0.4) is 0 Å². The number of amides is 1. The van der Waals surface area contributed by atoms with Crippen LogP contribution in [0, 0.1) is 0 Å². The third-order valence-corrected chi connectivity index (χ3v) is 3.50. The Morgan fingerprint density at radius 1 is 1.19 bits per heavy atom. The van der Waals surface area contributed by atoms with E-state index in [1.54, 1.807) is 0 Å². The molecule has 1 atom stereocenters. The maximum atomic E-state index is 10.9. The molecule has 6 nitrogen and oxygen atoms in total. The normalized spacial score (nSPS) is 18.3.